The minimum atomic E-state index is -4.75. The highest BCUT2D eigenvalue weighted by Gasteiger charge is 2.54. The highest BCUT2D eigenvalue weighted by Crippen LogP contribution is 2.43. The molecule has 0 aromatic carbocycles. The number of phosphoric acid groups is 1. The Balaban J connectivity index is 1.88. The maximum atomic E-state index is 11.1. The average Bonchev–Trinajstić information content (AvgIpc) is 3.22. The molecule has 4 atom stereocenters. The number of phosphoric ester groups is 1. The molecule has 13 nitrogen and oxygen atoms in total. The Kier molecular flexibility index (Phi) is 7.05. The molecular weight excluding hydrogens is 417 g/mol. The van der Waals surface area contributed by atoms with Gasteiger partial charge < -0.3 is 31.1 Å². The van der Waals surface area contributed by atoms with Crippen molar-refractivity contribution in [3.63, 3.8) is 0 Å². The summed E-state index contributed by atoms with van der Waals surface area (Å²) in [5.41, 5.74) is 18.6. The van der Waals surface area contributed by atoms with Crippen LogP contribution in [0.25, 0.3) is 11.2 Å². The molecule has 0 saturated carbocycles. The fourth-order valence-electron chi connectivity index (χ4n) is 3.79. The zero-order chi connectivity index (χ0) is 21.9. The zero-order valence-electron chi connectivity index (χ0n) is 16.4. The van der Waals surface area contributed by atoms with Gasteiger partial charge in [-0.25, -0.2) is 19.5 Å². The van der Waals surface area contributed by atoms with Gasteiger partial charge in [-0.1, -0.05) is 19.3 Å². The first-order valence-corrected chi connectivity index (χ1v) is 11.2. The minimum Gasteiger partial charge on any atom is -0.390 e. The highest BCUT2D eigenvalue weighted by atomic mass is 31.2. The van der Waals surface area contributed by atoms with Gasteiger partial charge in [0.05, 0.1) is 18.6 Å². The number of nitrogens with two attached hydrogens (primary N) is 3. The van der Waals surface area contributed by atoms with Crippen LogP contribution < -0.4 is 17.2 Å². The maximum absolute atomic E-state index is 11.1. The fraction of sp³-hybridized carbons (Fsp3) is 0.688. The number of aliphatic hydroxyl groups excluding tert-OH is 1. The van der Waals surface area contributed by atoms with E-state index in [1.807, 2.05) is 0 Å². The van der Waals surface area contributed by atoms with E-state index in [2.05, 4.69) is 19.5 Å². The summed E-state index contributed by atoms with van der Waals surface area (Å²) >= 11 is 0. The number of anilines is 1. The second-order valence-electron chi connectivity index (χ2n) is 7.33. The molecule has 9 N–H and O–H groups in total. The molecule has 30 heavy (non-hydrogen) atoms. The molecular formula is C16H28N7O6P. The summed E-state index contributed by atoms with van der Waals surface area (Å²) in [4.78, 5) is 30.3. The molecule has 1 aliphatic rings. The smallest absolute Gasteiger partial charge is 0.390 e. The van der Waals surface area contributed by atoms with Gasteiger partial charge >= 0.3 is 7.82 Å². The van der Waals surface area contributed by atoms with E-state index in [-0.39, 0.29) is 5.82 Å². The van der Waals surface area contributed by atoms with Crippen LogP contribution in [-0.2, 0) is 19.7 Å². The third-order valence-corrected chi connectivity index (χ3v) is 5.76. The molecule has 1 aliphatic heterocycles. The lowest BCUT2D eigenvalue weighted by molar-refractivity contribution is -0.124. The molecule has 14 heteroatoms. The van der Waals surface area contributed by atoms with E-state index in [0.29, 0.717) is 24.1 Å². The predicted molar refractivity (Wildman–Crippen MR) is 106 cm³/mol. The summed E-state index contributed by atoms with van der Waals surface area (Å²) in [6.07, 6.45) is 4.45. The van der Waals surface area contributed by atoms with Gasteiger partial charge in [-0.05, 0) is 19.4 Å². The largest absolute Gasteiger partial charge is 0.469 e. The number of hydrogen-bond donors (Lipinski definition) is 6. The molecule has 1 saturated heterocycles. The lowest BCUT2D eigenvalue weighted by Crippen LogP contribution is -2.49. The molecule has 1 fully saturated rings. The maximum Gasteiger partial charge on any atom is 0.469 e. The molecule has 0 unspecified atom stereocenters. The Bertz CT molecular complexity index is 907. The standard InChI is InChI=1S/C16H28N7O6P/c17-6-4-2-1-3-5-10-13(24)11(7-28-30(25,26)27)29-16(10,19)23-9-22-12-14(18)20-8-21-15(12)23/h8-11,13,24H,1-7,17,19H2,(H2,18,20,21)(H2,25,26,27)/t10-,11-,13+,16+/m1/s1. The van der Waals surface area contributed by atoms with Crippen LogP contribution in [0.5, 0.6) is 0 Å². The summed E-state index contributed by atoms with van der Waals surface area (Å²) < 4.78 is 23.0. The van der Waals surface area contributed by atoms with Gasteiger partial charge in [0.15, 0.2) is 11.5 Å². The van der Waals surface area contributed by atoms with E-state index < -0.39 is 38.4 Å². The number of ether oxygens (including phenoxy) is 1. The SMILES string of the molecule is NCCCCCC[C@@H]1[C@H](O)[C@@H](COP(=O)(O)O)O[C@@]1(N)n1cnc2c(N)ncnc21. The van der Waals surface area contributed by atoms with Gasteiger partial charge in [-0.3, -0.25) is 14.8 Å². The van der Waals surface area contributed by atoms with E-state index in [9.17, 15) is 9.67 Å². The quantitative estimate of drug-likeness (QED) is 0.199. The van der Waals surface area contributed by atoms with E-state index in [0.717, 1.165) is 25.7 Å². The van der Waals surface area contributed by atoms with Crippen molar-refractivity contribution in [1.82, 2.24) is 19.5 Å². The first-order valence-electron chi connectivity index (χ1n) is 9.66. The topological polar surface area (TPSA) is 218 Å². The number of aromatic nitrogens is 4. The van der Waals surface area contributed by atoms with Crippen LogP contribution in [0.15, 0.2) is 12.7 Å². The Labute approximate surface area is 172 Å². The van der Waals surface area contributed by atoms with Crippen molar-refractivity contribution >= 4 is 24.8 Å². The first kappa shape index (κ1) is 23.0. The minimum absolute atomic E-state index is 0.167. The van der Waals surface area contributed by atoms with E-state index in [1.54, 1.807) is 0 Å². The van der Waals surface area contributed by atoms with Crippen LogP contribution in [0.4, 0.5) is 5.82 Å². The molecule has 0 radical (unpaired) electrons. The van der Waals surface area contributed by atoms with Gasteiger partial charge in [0.2, 0.25) is 5.85 Å². The van der Waals surface area contributed by atoms with Crippen molar-refractivity contribution in [2.45, 2.75) is 50.2 Å². The average molecular weight is 445 g/mol. The second kappa shape index (κ2) is 9.20. The zero-order valence-corrected chi connectivity index (χ0v) is 17.3. The van der Waals surface area contributed by atoms with Crippen LogP contribution in [0.2, 0.25) is 0 Å². The van der Waals surface area contributed by atoms with Crippen molar-refractivity contribution < 1.29 is 28.7 Å². The number of hydrogen-bond acceptors (Lipinski definition) is 10. The molecule has 0 bridgehead atoms. The summed E-state index contributed by atoms with van der Waals surface area (Å²) in [6.45, 7) is 0.0811. The fourth-order valence-corrected chi connectivity index (χ4v) is 4.13. The molecule has 2 aromatic heterocycles. The van der Waals surface area contributed by atoms with Crippen molar-refractivity contribution in [2.24, 2.45) is 17.4 Å². The van der Waals surface area contributed by atoms with Crippen molar-refractivity contribution in [3.05, 3.63) is 12.7 Å². The molecule has 3 rings (SSSR count). The third-order valence-electron chi connectivity index (χ3n) is 5.28. The third kappa shape index (κ3) is 4.79. The summed E-state index contributed by atoms with van der Waals surface area (Å²) in [5, 5.41) is 10.9. The molecule has 2 aromatic rings. The summed E-state index contributed by atoms with van der Waals surface area (Å²) in [7, 11) is -4.75. The van der Waals surface area contributed by atoms with Gasteiger partial charge in [0.25, 0.3) is 0 Å². The van der Waals surface area contributed by atoms with Crippen LogP contribution in [0.1, 0.15) is 32.1 Å². The lowest BCUT2D eigenvalue weighted by Gasteiger charge is -2.32. The monoisotopic (exact) mass is 445 g/mol. The van der Waals surface area contributed by atoms with Crippen LogP contribution in [0.3, 0.4) is 0 Å². The number of imidazole rings is 1. The van der Waals surface area contributed by atoms with Crippen molar-refractivity contribution in [1.29, 1.82) is 0 Å². The highest BCUT2D eigenvalue weighted by molar-refractivity contribution is 7.46. The van der Waals surface area contributed by atoms with Crippen LogP contribution in [-0.4, -0.2) is 59.8 Å². The van der Waals surface area contributed by atoms with E-state index in [1.165, 1.54) is 17.2 Å². The van der Waals surface area contributed by atoms with Crippen LogP contribution in [0, 0.1) is 5.92 Å². The normalized spacial score (nSPS) is 27.2. The summed E-state index contributed by atoms with van der Waals surface area (Å²) in [5.74, 6) is -2.03. The number of nitrogens with zero attached hydrogens (tertiary/aromatic N) is 4. The van der Waals surface area contributed by atoms with Gasteiger partial charge in [-0.15, -0.1) is 0 Å². The lowest BCUT2D eigenvalue weighted by atomic mass is 9.90. The Hall–Kier alpha value is -1.70. The molecule has 3 heterocycles. The number of aliphatic hydroxyl groups is 1. The number of unbranched alkanes of at least 4 members (excludes halogenated alkanes) is 3. The van der Waals surface area contributed by atoms with Crippen molar-refractivity contribution in [3.8, 4) is 0 Å². The molecule has 0 amide bonds. The van der Waals surface area contributed by atoms with E-state index >= 15 is 0 Å². The number of rotatable bonds is 10. The predicted octanol–water partition coefficient (Wildman–Crippen LogP) is -0.628. The Morgan fingerprint density at radius 1 is 1.23 bits per heavy atom. The molecule has 0 aliphatic carbocycles. The number of fused-ring (bicyclic) bond motifs is 1. The van der Waals surface area contributed by atoms with Gasteiger partial charge in [0, 0.05) is 0 Å². The van der Waals surface area contributed by atoms with E-state index in [4.69, 9.17) is 31.7 Å². The van der Waals surface area contributed by atoms with Crippen LogP contribution >= 0.6 is 7.82 Å². The Morgan fingerprint density at radius 3 is 2.67 bits per heavy atom. The summed E-state index contributed by atoms with van der Waals surface area (Å²) in [6, 6.07) is 0. The second-order valence-corrected chi connectivity index (χ2v) is 8.57. The number of nitrogen functional groups attached to an aromatic ring is 1. The molecule has 0 spiro atoms. The van der Waals surface area contributed by atoms with Crippen molar-refractivity contribution in [2.75, 3.05) is 18.9 Å². The van der Waals surface area contributed by atoms with Gasteiger partial charge in [-0.2, -0.15) is 0 Å². The first-order chi connectivity index (χ1) is 14.2. The van der Waals surface area contributed by atoms with Gasteiger partial charge in [0.1, 0.15) is 24.3 Å². The Morgan fingerprint density at radius 2 is 1.97 bits per heavy atom. The molecule has 168 valence electrons.